The highest BCUT2D eigenvalue weighted by molar-refractivity contribution is 5.80. The second kappa shape index (κ2) is 5.43. The van der Waals surface area contributed by atoms with Crippen LogP contribution in [0.1, 0.15) is 33.6 Å². The Morgan fingerprint density at radius 2 is 1.84 bits per heavy atom. The molecule has 1 aromatic carbocycles. The SMILES string of the molecule is CC(=O)CC1CC(C)N(c2ccccc2)N1C(C)=O. The van der Waals surface area contributed by atoms with Gasteiger partial charge in [0, 0.05) is 19.4 Å². The number of amides is 1. The van der Waals surface area contributed by atoms with Crippen molar-refractivity contribution in [2.45, 2.75) is 45.7 Å². The summed E-state index contributed by atoms with van der Waals surface area (Å²) >= 11 is 0. The molecule has 4 heteroatoms. The standard InChI is InChI=1S/C15H20N2O2/c1-11-9-15(10-12(2)18)17(13(3)19)16(11)14-7-5-4-6-8-14/h4-8,11,15H,9-10H2,1-3H3. The summed E-state index contributed by atoms with van der Waals surface area (Å²) in [6.07, 6.45) is 1.25. The lowest BCUT2D eigenvalue weighted by Crippen LogP contribution is -2.46. The maximum atomic E-state index is 11.9. The zero-order valence-electron chi connectivity index (χ0n) is 11.7. The molecule has 0 N–H and O–H groups in total. The average molecular weight is 260 g/mol. The van der Waals surface area contributed by atoms with Gasteiger partial charge in [0.25, 0.3) is 0 Å². The van der Waals surface area contributed by atoms with Crippen LogP contribution in [-0.4, -0.2) is 28.8 Å². The lowest BCUT2D eigenvalue weighted by Gasteiger charge is -2.34. The van der Waals surface area contributed by atoms with Gasteiger partial charge in [-0.05, 0) is 32.4 Å². The molecule has 1 amide bonds. The van der Waals surface area contributed by atoms with Crippen LogP contribution in [0.2, 0.25) is 0 Å². The monoisotopic (exact) mass is 260 g/mol. The first-order chi connectivity index (χ1) is 9.00. The molecule has 102 valence electrons. The Hall–Kier alpha value is -1.84. The minimum absolute atomic E-state index is 0.0144. The largest absolute Gasteiger partial charge is 0.300 e. The fourth-order valence-corrected chi connectivity index (χ4v) is 2.85. The molecule has 19 heavy (non-hydrogen) atoms. The number of benzene rings is 1. The average Bonchev–Trinajstić information content (AvgIpc) is 2.66. The van der Waals surface area contributed by atoms with Crippen molar-refractivity contribution < 1.29 is 9.59 Å². The molecular formula is C15H20N2O2. The number of rotatable bonds is 3. The van der Waals surface area contributed by atoms with Gasteiger partial charge >= 0.3 is 0 Å². The summed E-state index contributed by atoms with van der Waals surface area (Å²) in [5.41, 5.74) is 0.997. The molecule has 1 saturated heterocycles. The van der Waals surface area contributed by atoms with Gasteiger partial charge in [0.1, 0.15) is 5.78 Å². The van der Waals surface area contributed by atoms with Gasteiger partial charge in [0.05, 0.1) is 11.7 Å². The molecule has 2 rings (SSSR count). The van der Waals surface area contributed by atoms with Crippen molar-refractivity contribution in [1.82, 2.24) is 5.01 Å². The van der Waals surface area contributed by atoms with Crippen LogP contribution in [0.15, 0.2) is 30.3 Å². The molecule has 1 aliphatic rings. The zero-order chi connectivity index (χ0) is 14.0. The van der Waals surface area contributed by atoms with E-state index in [9.17, 15) is 9.59 Å². The number of carbonyl (C=O) groups excluding carboxylic acids is 2. The minimum atomic E-state index is -0.0230. The fourth-order valence-electron chi connectivity index (χ4n) is 2.85. The molecule has 4 nitrogen and oxygen atoms in total. The third-order valence-corrected chi connectivity index (χ3v) is 3.48. The van der Waals surface area contributed by atoms with Crippen LogP contribution >= 0.6 is 0 Å². The van der Waals surface area contributed by atoms with Crippen LogP contribution in [-0.2, 0) is 9.59 Å². The van der Waals surface area contributed by atoms with E-state index in [0.717, 1.165) is 12.1 Å². The first-order valence-corrected chi connectivity index (χ1v) is 6.64. The molecule has 1 heterocycles. The summed E-state index contributed by atoms with van der Waals surface area (Å²) in [5, 5.41) is 3.75. The van der Waals surface area contributed by atoms with Gasteiger partial charge in [-0.2, -0.15) is 0 Å². The van der Waals surface area contributed by atoms with Crippen molar-refractivity contribution >= 4 is 17.4 Å². The van der Waals surface area contributed by atoms with Crippen LogP contribution in [0, 0.1) is 0 Å². The molecule has 1 aliphatic heterocycles. The molecule has 0 aliphatic carbocycles. The molecule has 0 spiro atoms. The summed E-state index contributed by atoms with van der Waals surface area (Å²) in [4.78, 5) is 23.3. The van der Waals surface area contributed by atoms with Gasteiger partial charge in [-0.25, -0.2) is 0 Å². The van der Waals surface area contributed by atoms with E-state index >= 15 is 0 Å². The maximum Gasteiger partial charge on any atom is 0.238 e. The van der Waals surface area contributed by atoms with Crippen molar-refractivity contribution in [2.24, 2.45) is 0 Å². The lowest BCUT2D eigenvalue weighted by atomic mass is 10.1. The number of hydrogen-bond acceptors (Lipinski definition) is 3. The Kier molecular flexibility index (Phi) is 3.88. The number of hydrogen-bond donors (Lipinski definition) is 0. The summed E-state index contributed by atoms with van der Waals surface area (Å²) in [5.74, 6) is 0.109. The number of para-hydroxylation sites is 1. The van der Waals surface area contributed by atoms with Crippen molar-refractivity contribution in [3.05, 3.63) is 30.3 Å². The first kappa shape index (κ1) is 13.6. The predicted octanol–water partition coefficient (Wildman–Crippen LogP) is 2.40. The molecule has 0 radical (unpaired) electrons. The van der Waals surface area contributed by atoms with E-state index in [2.05, 4.69) is 6.92 Å². The topological polar surface area (TPSA) is 40.6 Å². The molecule has 1 aromatic rings. The van der Waals surface area contributed by atoms with Crippen LogP contribution < -0.4 is 5.01 Å². The Morgan fingerprint density at radius 1 is 1.21 bits per heavy atom. The Morgan fingerprint density at radius 3 is 2.37 bits per heavy atom. The highest BCUT2D eigenvalue weighted by Crippen LogP contribution is 2.32. The minimum Gasteiger partial charge on any atom is -0.300 e. The second-order valence-corrected chi connectivity index (χ2v) is 5.19. The Balaban J connectivity index is 2.31. The third kappa shape index (κ3) is 2.78. The van der Waals surface area contributed by atoms with E-state index < -0.39 is 0 Å². The van der Waals surface area contributed by atoms with Crippen molar-refractivity contribution in [2.75, 3.05) is 5.01 Å². The number of anilines is 1. The normalized spacial score (nSPS) is 22.7. The quantitative estimate of drug-likeness (QED) is 0.838. The van der Waals surface area contributed by atoms with Gasteiger partial charge < -0.3 is 0 Å². The first-order valence-electron chi connectivity index (χ1n) is 6.64. The smallest absolute Gasteiger partial charge is 0.238 e. The predicted molar refractivity (Wildman–Crippen MR) is 74.6 cm³/mol. The fraction of sp³-hybridized carbons (Fsp3) is 0.467. The van der Waals surface area contributed by atoms with Crippen molar-refractivity contribution in [1.29, 1.82) is 0 Å². The van der Waals surface area contributed by atoms with E-state index in [-0.39, 0.29) is 23.8 Å². The molecule has 0 saturated carbocycles. The van der Waals surface area contributed by atoms with Crippen LogP contribution in [0.25, 0.3) is 0 Å². The maximum absolute atomic E-state index is 11.9. The van der Waals surface area contributed by atoms with Crippen LogP contribution in [0.5, 0.6) is 0 Å². The van der Waals surface area contributed by atoms with Gasteiger partial charge in [0.15, 0.2) is 0 Å². The molecule has 0 aromatic heterocycles. The Bertz CT molecular complexity index is 472. The second-order valence-electron chi connectivity index (χ2n) is 5.19. The van der Waals surface area contributed by atoms with Crippen molar-refractivity contribution in [3.8, 4) is 0 Å². The lowest BCUT2D eigenvalue weighted by molar-refractivity contribution is -0.131. The molecular weight excluding hydrogens is 240 g/mol. The van der Waals surface area contributed by atoms with Gasteiger partial charge in [-0.15, -0.1) is 0 Å². The number of ketones is 1. The molecule has 2 atom stereocenters. The molecule has 2 unspecified atom stereocenters. The summed E-state index contributed by atoms with van der Waals surface area (Å²) in [6, 6.07) is 10.0. The molecule has 0 bridgehead atoms. The van der Waals surface area contributed by atoms with Gasteiger partial charge in [-0.1, -0.05) is 18.2 Å². The van der Waals surface area contributed by atoms with Gasteiger partial charge in [0.2, 0.25) is 5.91 Å². The Labute approximate surface area is 114 Å². The number of carbonyl (C=O) groups is 2. The molecule has 1 fully saturated rings. The number of hydrazine groups is 1. The number of Topliss-reactive ketones (excluding diaryl/α,β-unsaturated/α-hetero) is 1. The van der Waals surface area contributed by atoms with E-state index in [1.807, 2.05) is 35.3 Å². The highest BCUT2D eigenvalue weighted by Gasteiger charge is 2.39. The van der Waals surface area contributed by atoms with E-state index in [4.69, 9.17) is 0 Å². The summed E-state index contributed by atoms with van der Waals surface area (Å²) in [7, 11) is 0. The number of nitrogens with zero attached hydrogens (tertiary/aromatic N) is 2. The third-order valence-electron chi connectivity index (χ3n) is 3.48. The van der Waals surface area contributed by atoms with Gasteiger partial charge in [-0.3, -0.25) is 19.6 Å². The van der Waals surface area contributed by atoms with Crippen LogP contribution in [0.3, 0.4) is 0 Å². The van der Waals surface area contributed by atoms with E-state index in [0.29, 0.717) is 6.42 Å². The summed E-state index contributed by atoms with van der Waals surface area (Å²) in [6.45, 7) is 5.22. The zero-order valence-corrected chi connectivity index (χ0v) is 11.7. The van der Waals surface area contributed by atoms with Crippen LogP contribution in [0.4, 0.5) is 5.69 Å². The van der Waals surface area contributed by atoms with E-state index in [1.54, 1.807) is 18.9 Å². The van der Waals surface area contributed by atoms with E-state index in [1.165, 1.54) is 0 Å². The summed E-state index contributed by atoms with van der Waals surface area (Å²) < 4.78 is 0. The highest BCUT2D eigenvalue weighted by atomic mass is 16.2. The van der Waals surface area contributed by atoms with Crippen molar-refractivity contribution in [3.63, 3.8) is 0 Å².